The van der Waals surface area contributed by atoms with Crippen molar-refractivity contribution in [2.24, 2.45) is 0 Å². The topological polar surface area (TPSA) is 107 Å². The van der Waals surface area contributed by atoms with E-state index in [-0.39, 0.29) is 23.6 Å². The van der Waals surface area contributed by atoms with Crippen LogP contribution in [0.1, 0.15) is 91.0 Å². The molecule has 1 atom stereocenters. The Hall–Kier alpha value is -4.28. The normalized spacial score (nSPS) is 16.2. The van der Waals surface area contributed by atoms with Crippen molar-refractivity contribution >= 4 is 24.2 Å². The summed E-state index contributed by atoms with van der Waals surface area (Å²) in [4.78, 5) is 50.7. The van der Waals surface area contributed by atoms with Gasteiger partial charge in [-0.15, -0.1) is 0 Å². The second kappa shape index (κ2) is 10.8. The van der Waals surface area contributed by atoms with Crippen LogP contribution in [0.4, 0.5) is 15.1 Å². The minimum atomic E-state index is -0.670. The molecule has 1 unspecified atom stereocenters. The number of imidazole rings is 1. The van der Waals surface area contributed by atoms with Gasteiger partial charge in [-0.3, -0.25) is 19.5 Å². The van der Waals surface area contributed by atoms with E-state index in [1.54, 1.807) is 62.7 Å². The highest BCUT2D eigenvalue weighted by Gasteiger charge is 2.53. The molecule has 1 aromatic carbocycles. The van der Waals surface area contributed by atoms with E-state index in [0.29, 0.717) is 41.5 Å². The van der Waals surface area contributed by atoms with Gasteiger partial charge in [0.15, 0.2) is 11.6 Å². The van der Waals surface area contributed by atoms with Crippen molar-refractivity contribution < 1.29 is 28.2 Å². The van der Waals surface area contributed by atoms with E-state index in [2.05, 4.69) is 9.97 Å². The van der Waals surface area contributed by atoms with Gasteiger partial charge in [-0.1, -0.05) is 0 Å². The van der Waals surface area contributed by atoms with Gasteiger partial charge in [0.25, 0.3) is 5.91 Å². The lowest BCUT2D eigenvalue weighted by molar-refractivity contribution is 0.0584. The van der Waals surface area contributed by atoms with Crippen molar-refractivity contribution in [2.75, 3.05) is 25.1 Å². The van der Waals surface area contributed by atoms with Gasteiger partial charge < -0.3 is 18.9 Å². The number of aldehydes is 1. The molecule has 3 aromatic rings. The molecule has 2 aliphatic rings. The highest BCUT2D eigenvalue weighted by Crippen LogP contribution is 2.54. The third kappa shape index (κ3) is 5.47. The number of rotatable bonds is 8. The van der Waals surface area contributed by atoms with Crippen molar-refractivity contribution in [3.63, 3.8) is 0 Å². The fourth-order valence-corrected chi connectivity index (χ4v) is 5.60. The molecule has 1 aliphatic carbocycles. The predicted octanol–water partition coefficient (Wildman–Crippen LogP) is 5.30. The number of anilines is 1. The van der Waals surface area contributed by atoms with Crippen LogP contribution in [0.5, 0.6) is 5.75 Å². The number of aromatic nitrogens is 3. The summed E-state index contributed by atoms with van der Waals surface area (Å²) in [5.74, 6) is -0.320. The Labute approximate surface area is 244 Å². The molecule has 11 heteroatoms. The third-order valence-corrected chi connectivity index (χ3v) is 7.75. The van der Waals surface area contributed by atoms with E-state index in [1.165, 1.54) is 4.90 Å². The van der Waals surface area contributed by atoms with E-state index in [9.17, 15) is 18.8 Å². The summed E-state index contributed by atoms with van der Waals surface area (Å²) in [6.45, 7) is 10.0. The first-order valence-electron chi connectivity index (χ1n) is 14.1. The average molecular weight is 578 g/mol. The number of carbonyl (C=O) groups excluding carboxylic acids is 3. The fourth-order valence-electron chi connectivity index (χ4n) is 5.60. The molecule has 42 heavy (non-hydrogen) atoms. The van der Waals surface area contributed by atoms with E-state index in [1.807, 2.05) is 19.1 Å². The summed E-state index contributed by atoms with van der Waals surface area (Å²) in [7, 11) is 1.58. The number of fused-ring (bicyclic) bond motifs is 2. The van der Waals surface area contributed by atoms with Crippen LogP contribution in [-0.2, 0) is 16.7 Å². The molecule has 1 spiro atoms. The summed E-state index contributed by atoms with van der Waals surface area (Å²) in [6.07, 6.45) is 6.39. The van der Waals surface area contributed by atoms with E-state index < -0.39 is 23.6 Å². The lowest BCUT2D eigenvalue weighted by atomic mass is 9.81. The van der Waals surface area contributed by atoms with Crippen LogP contribution in [0.3, 0.4) is 0 Å². The molecule has 0 saturated heterocycles. The Morgan fingerprint density at radius 3 is 2.62 bits per heavy atom. The van der Waals surface area contributed by atoms with Gasteiger partial charge >= 0.3 is 6.09 Å². The molecule has 0 radical (unpaired) electrons. The predicted molar refractivity (Wildman–Crippen MR) is 154 cm³/mol. The van der Waals surface area contributed by atoms with Gasteiger partial charge in [-0.25, -0.2) is 14.2 Å². The number of halogens is 1. The SMILES string of the molecule is CCOc1cc(C(C)N2CC3(CC3)c3c(C=O)cc(Cn4ccnc4N(C)C(=O)OC(C)(C)C)cc3C2=O)ncc1F. The van der Waals surface area contributed by atoms with Crippen molar-refractivity contribution in [1.29, 1.82) is 0 Å². The molecular weight excluding hydrogens is 541 g/mol. The second-order valence-electron chi connectivity index (χ2n) is 12.0. The molecule has 0 bridgehead atoms. The summed E-state index contributed by atoms with van der Waals surface area (Å²) < 4.78 is 26.9. The largest absolute Gasteiger partial charge is 0.491 e. The molecule has 1 fully saturated rings. The van der Waals surface area contributed by atoms with Crippen LogP contribution in [-0.4, -0.2) is 63.5 Å². The Bertz CT molecular complexity index is 1540. The van der Waals surface area contributed by atoms with E-state index >= 15 is 0 Å². The first-order chi connectivity index (χ1) is 19.9. The summed E-state index contributed by atoms with van der Waals surface area (Å²) >= 11 is 0. The molecule has 0 N–H and O–H groups in total. The number of hydrogen-bond donors (Lipinski definition) is 0. The van der Waals surface area contributed by atoms with Gasteiger partial charge in [0.05, 0.1) is 31.1 Å². The number of ether oxygens (including phenoxy) is 2. The molecule has 1 aliphatic heterocycles. The number of carbonyl (C=O) groups is 3. The maximum absolute atomic E-state index is 14.2. The van der Waals surface area contributed by atoms with Gasteiger partial charge in [-0.05, 0) is 70.7 Å². The van der Waals surface area contributed by atoms with E-state index in [4.69, 9.17) is 9.47 Å². The first kappa shape index (κ1) is 29.2. The highest BCUT2D eigenvalue weighted by atomic mass is 19.1. The summed E-state index contributed by atoms with van der Waals surface area (Å²) in [5, 5.41) is 0. The molecule has 3 heterocycles. The van der Waals surface area contributed by atoms with Crippen LogP contribution in [0.15, 0.2) is 36.8 Å². The number of benzene rings is 1. The van der Waals surface area contributed by atoms with Gasteiger partial charge in [0.2, 0.25) is 5.95 Å². The second-order valence-corrected chi connectivity index (χ2v) is 12.0. The maximum atomic E-state index is 14.2. The molecular formula is C31H36FN5O5. The number of hydrogen-bond acceptors (Lipinski definition) is 7. The standard InChI is InChI=1S/C31H36FN5O5/c1-7-41-25-14-24(34-15-23(25)32)19(2)37-18-31(8-9-31)26-21(17-38)12-20(13-22(26)27(37)39)16-36-11-10-33-28(36)35(6)29(40)42-30(3,4)5/h10-15,17,19H,7-9,16,18H2,1-6H3. The average Bonchev–Trinajstić information content (AvgIpc) is 3.56. The van der Waals surface area contributed by atoms with Crippen molar-refractivity contribution in [3.05, 3.63) is 70.6 Å². The Morgan fingerprint density at radius 2 is 1.98 bits per heavy atom. The minimum Gasteiger partial charge on any atom is -0.491 e. The Balaban J connectivity index is 1.48. The van der Waals surface area contributed by atoms with E-state index in [0.717, 1.165) is 30.9 Å². The van der Waals surface area contributed by atoms with Crippen LogP contribution >= 0.6 is 0 Å². The number of pyridine rings is 1. The van der Waals surface area contributed by atoms with Crippen LogP contribution < -0.4 is 9.64 Å². The maximum Gasteiger partial charge on any atom is 0.416 e. The van der Waals surface area contributed by atoms with Crippen molar-refractivity contribution in [3.8, 4) is 5.75 Å². The number of nitrogens with zero attached hydrogens (tertiary/aromatic N) is 5. The van der Waals surface area contributed by atoms with Crippen LogP contribution in [0, 0.1) is 5.82 Å². The highest BCUT2D eigenvalue weighted by molar-refractivity contribution is 6.01. The molecule has 2 aromatic heterocycles. The molecule has 10 nitrogen and oxygen atoms in total. The molecule has 222 valence electrons. The zero-order chi connectivity index (χ0) is 30.4. The van der Waals surface area contributed by atoms with Crippen molar-refractivity contribution in [1.82, 2.24) is 19.4 Å². The number of amides is 2. The van der Waals surface area contributed by atoms with Gasteiger partial charge in [0.1, 0.15) is 11.9 Å². The smallest absolute Gasteiger partial charge is 0.416 e. The fraction of sp³-hybridized carbons (Fsp3) is 0.452. The van der Waals surface area contributed by atoms with Gasteiger partial charge in [-0.2, -0.15) is 0 Å². The lowest BCUT2D eigenvalue weighted by Crippen LogP contribution is -2.45. The quantitative estimate of drug-likeness (QED) is 0.335. The molecule has 1 saturated carbocycles. The molecule has 5 rings (SSSR count). The summed E-state index contributed by atoms with van der Waals surface area (Å²) in [6, 6.07) is 4.73. The Morgan fingerprint density at radius 1 is 1.24 bits per heavy atom. The zero-order valence-electron chi connectivity index (χ0n) is 24.8. The third-order valence-electron chi connectivity index (χ3n) is 7.75. The summed E-state index contributed by atoms with van der Waals surface area (Å²) in [5.41, 5.74) is 1.99. The molecule has 2 amide bonds. The van der Waals surface area contributed by atoms with Crippen molar-refractivity contribution in [2.45, 2.75) is 71.1 Å². The zero-order valence-corrected chi connectivity index (χ0v) is 24.8. The Kier molecular flexibility index (Phi) is 7.55. The van der Waals surface area contributed by atoms with Gasteiger partial charge in [0, 0.05) is 48.6 Å². The first-order valence-corrected chi connectivity index (χ1v) is 14.1. The van der Waals surface area contributed by atoms with Crippen LogP contribution in [0.25, 0.3) is 0 Å². The monoisotopic (exact) mass is 577 g/mol. The minimum absolute atomic E-state index is 0.0957. The van der Waals surface area contributed by atoms with Crippen LogP contribution in [0.2, 0.25) is 0 Å². The lowest BCUT2D eigenvalue weighted by Gasteiger charge is -2.39.